The van der Waals surface area contributed by atoms with Crippen molar-refractivity contribution in [1.29, 1.82) is 0 Å². The molecular weight excluding hydrogens is 288 g/mol. The molecule has 3 N–H and O–H groups in total. The highest BCUT2D eigenvalue weighted by Gasteiger charge is 2.20. The Kier molecular flexibility index (Phi) is 4.04. The molecule has 0 saturated heterocycles. The molecule has 1 aromatic carbocycles. The van der Waals surface area contributed by atoms with E-state index >= 15 is 0 Å². The highest BCUT2D eigenvalue weighted by molar-refractivity contribution is 7.13. The number of carbonyl (C=O) groups is 1. The summed E-state index contributed by atoms with van der Waals surface area (Å²) in [4.78, 5) is 15.0. The van der Waals surface area contributed by atoms with Crippen LogP contribution in [0.2, 0.25) is 5.02 Å². The number of rotatable bonds is 4. The van der Waals surface area contributed by atoms with Crippen LogP contribution in [0, 0.1) is 0 Å². The molecule has 0 bridgehead atoms. The topological polar surface area (TPSA) is 85.4 Å². The summed E-state index contributed by atoms with van der Waals surface area (Å²) in [6.45, 7) is 0. The van der Waals surface area contributed by atoms with E-state index in [4.69, 9.17) is 27.2 Å². The Labute approximate surface area is 118 Å². The predicted octanol–water partition coefficient (Wildman–Crippen LogP) is 2.56. The van der Waals surface area contributed by atoms with Crippen molar-refractivity contribution in [3.05, 3.63) is 34.3 Å². The molecule has 0 amide bonds. The quantitative estimate of drug-likeness (QED) is 0.906. The van der Waals surface area contributed by atoms with Crippen LogP contribution in [0.5, 0.6) is 5.75 Å². The minimum Gasteiger partial charge on any atom is -0.496 e. The van der Waals surface area contributed by atoms with Gasteiger partial charge in [0, 0.05) is 5.38 Å². The van der Waals surface area contributed by atoms with E-state index < -0.39 is 12.0 Å². The van der Waals surface area contributed by atoms with E-state index in [0.29, 0.717) is 27.0 Å². The third-order valence-corrected chi connectivity index (χ3v) is 3.71. The molecule has 2 rings (SSSR count). The smallest absolute Gasteiger partial charge is 0.326 e. The molecule has 0 aliphatic carbocycles. The summed E-state index contributed by atoms with van der Waals surface area (Å²) < 4.78 is 5.23. The van der Waals surface area contributed by atoms with Crippen LogP contribution in [-0.4, -0.2) is 23.2 Å². The minimum atomic E-state index is -1.14. The summed E-state index contributed by atoms with van der Waals surface area (Å²) in [6, 6.07) is 4.11. The van der Waals surface area contributed by atoms with Crippen LogP contribution < -0.4 is 10.5 Å². The van der Waals surface area contributed by atoms with E-state index in [1.807, 2.05) is 0 Å². The number of nitrogens with zero attached hydrogens (tertiary/aromatic N) is 1. The summed E-state index contributed by atoms with van der Waals surface area (Å²) in [5, 5.41) is 11.5. The number of hydrogen-bond acceptors (Lipinski definition) is 5. The van der Waals surface area contributed by atoms with Gasteiger partial charge in [-0.1, -0.05) is 17.7 Å². The van der Waals surface area contributed by atoms with E-state index in [1.54, 1.807) is 23.6 Å². The number of hydrogen-bond donors (Lipinski definition) is 2. The summed E-state index contributed by atoms with van der Waals surface area (Å²) >= 11 is 7.41. The van der Waals surface area contributed by atoms with Gasteiger partial charge in [-0.15, -0.1) is 11.3 Å². The van der Waals surface area contributed by atoms with E-state index in [-0.39, 0.29) is 0 Å². The van der Waals surface area contributed by atoms with Gasteiger partial charge in [-0.2, -0.15) is 0 Å². The first-order valence-electron chi connectivity index (χ1n) is 5.31. The molecule has 0 spiro atoms. The fourth-order valence-corrected chi connectivity index (χ4v) is 2.78. The van der Waals surface area contributed by atoms with E-state index in [9.17, 15) is 4.79 Å². The molecule has 1 aromatic heterocycles. The number of carboxylic acid groups (broad SMARTS) is 1. The maximum atomic E-state index is 10.8. The zero-order valence-electron chi connectivity index (χ0n) is 9.96. The predicted molar refractivity (Wildman–Crippen MR) is 73.7 cm³/mol. The molecule has 100 valence electrons. The van der Waals surface area contributed by atoms with Crippen LogP contribution in [0.25, 0.3) is 10.6 Å². The van der Waals surface area contributed by atoms with Crippen LogP contribution in [-0.2, 0) is 4.79 Å². The van der Waals surface area contributed by atoms with Crippen LogP contribution >= 0.6 is 22.9 Å². The number of aromatic nitrogens is 1. The molecule has 1 heterocycles. The average molecular weight is 299 g/mol. The summed E-state index contributed by atoms with van der Waals surface area (Å²) in [7, 11) is 1.53. The highest BCUT2D eigenvalue weighted by atomic mass is 35.5. The van der Waals surface area contributed by atoms with Gasteiger partial charge in [-0.05, 0) is 12.1 Å². The van der Waals surface area contributed by atoms with E-state index in [2.05, 4.69) is 4.98 Å². The molecule has 0 saturated carbocycles. The lowest BCUT2D eigenvalue weighted by molar-refractivity contribution is -0.138. The molecule has 0 aliphatic rings. The van der Waals surface area contributed by atoms with Gasteiger partial charge in [0.25, 0.3) is 0 Å². The second kappa shape index (κ2) is 5.56. The Morgan fingerprint density at radius 2 is 2.32 bits per heavy atom. The summed E-state index contributed by atoms with van der Waals surface area (Å²) in [6.07, 6.45) is 0. The van der Waals surface area contributed by atoms with Gasteiger partial charge in [0.15, 0.2) is 0 Å². The monoisotopic (exact) mass is 298 g/mol. The molecule has 0 radical (unpaired) electrons. The Hall–Kier alpha value is -1.63. The van der Waals surface area contributed by atoms with Crippen LogP contribution in [0.3, 0.4) is 0 Å². The SMILES string of the molecule is COc1cccc(Cl)c1-c1nc(C(N)C(=O)O)cs1. The van der Waals surface area contributed by atoms with Crippen LogP contribution in [0.4, 0.5) is 0 Å². The summed E-state index contributed by atoms with van der Waals surface area (Å²) in [5.41, 5.74) is 6.46. The number of nitrogens with two attached hydrogens (primary N) is 1. The number of halogens is 1. The lowest BCUT2D eigenvalue weighted by Gasteiger charge is -2.07. The van der Waals surface area contributed by atoms with Crippen LogP contribution in [0.1, 0.15) is 11.7 Å². The Morgan fingerprint density at radius 3 is 2.95 bits per heavy atom. The fourth-order valence-electron chi connectivity index (χ4n) is 1.55. The number of aliphatic carboxylic acids is 1. The number of methoxy groups -OCH3 is 1. The first kappa shape index (κ1) is 13.8. The average Bonchev–Trinajstić information content (AvgIpc) is 2.86. The Balaban J connectivity index is 2.46. The maximum Gasteiger partial charge on any atom is 0.326 e. The second-order valence-electron chi connectivity index (χ2n) is 3.71. The molecule has 19 heavy (non-hydrogen) atoms. The molecule has 5 nitrogen and oxygen atoms in total. The van der Waals surface area contributed by atoms with Crippen LogP contribution in [0.15, 0.2) is 23.6 Å². The van der Waals surface area contributed by atoms with Crippen molar-refractivity contribution in [3.8, 4) is 16.3 Å². The van der Waals surface area contributed by atoms with Gasteiger partial charge in [0.1, 0.15) is 16.8 Å². The third-order valence-electron chi connectivity index (χ3n) is 2.52. The first-order valence-corrected chi connectivity index (χ1v) is 6.57. The van der Waals surface area contributed by atoms with Crippen molar-refractivity contribution in [2.45, 2.75) is 6.04 Å². The van der Waals surface area contributed by atoms with Crippen molar-refractivity contribution < 1.29 is 14.6 Å². The standard InChI is InChI=1S/C12H11ClN2O3S/c1-18-8-4-2-3-6(13)9(8)11-15-7(5-19-11)10(14)12(16)17/h2-5,10H,14H2,1H3,(H,16,17). The number of ether oxygens (including phenoxy) is 1. The Morgan fingerprint density at radius 1 is 1.58 bits per heavy atom. The van der Waals surface area contributed by atoms with Crippen molar-refractivity contribution >= 4 is 28.9 Å². The third kappa shape index (κ3) is 2.70. The minimum absolute atomic E-state index is 0.300. The molecule has 0 aliphatic heterocycles. The van der Waals surface area contributed by atoms with Gasteiger partial charge in [-0.3, -0.25) is 4.79 Å². The number of benzene rings is 1. The van der Waals surface area contributed by atoms with Gasteiger partial charge < -0.3 is 15.6 Å². The maximum absolute atomic E-state index is 10.8. The van der Waals surface area contributed by atoms with Crippen molar-refractivity contribution in [2.24, 2.45) is 5.73 Å². The Bertz CT molecular complexity index is 615. The number of carboxylic acids is 1. The fraction of sp³-hybridized carbons (Fsp3) is 0.167. The molecule has 2 aromatic rings. The normalized spacial score (nSPS) is 12.2. The molecule has 0 fully saturated rings. The lowest BCUT2D eigenvalue weighted by atomic mass is 10.2. The molecule has 1 atom stereocenters. The second-order valence-corrected chi connectivity index (χ2v) is 4.98. The van der Waals surface area contributed by atoms with Crippen molar-refractivity contribution in [2.75, 3.05) is 7.11 Å². The lowest BCUT2D eigenvalue weighted by Crippen LogP contribution is -2.20. The summed E-state index contributed by atoms with van der Waals surface area (Å²) in [5.74, 6) is -0.541. The van der Waals surface area contributed by atoms with Gasteiger partial charge in [0.05, 0.1) is 23.4 Å². The molecular formula is C12H11ClN2O3S. The van der Waals surface area contributed by atoms with Crippen molar-refractivity contribution in [1.82, 2.24) is 4.98 Å². The molecule has 7 heteroatoms. The zero-order chi connectivity index (χ0) is 14.0. The largest absolute Gasteiger partial charge is 0.496 e. The van der Waals surface area contributed by atoms with Gasteiger partial charge in [0.2, 0.25) is 0 Å². The zero-order valence-corrected chi connectivity index (χ0v) is 11.5. The van der Waals surface area contributed by atoms with Gasteiger partial charge in [-0.25, -0.2) is 4.98 Å². The number of thiazole rings is 1. The van der Waals surface area contributed by atoms with Crippen molar-refractivity contribution in [3.63, 3.8) is 0 Å². The van der Waals surface area contributed by atoms with E-state index in [0.717, 1.165) is 0 Å². The van der Waals surface area contributed by atoms with Gasteiger partial charge >= 0.3 is 5.97 Å². The van der Waals surface area contributed by atoms with E-state index in [1.165, 1.54) is 18.4 Å². The first-order chi connectivity index (χ1) is 9.04. The highest BCUT2D eigenvalue weighted by Crippen LogP contribution is 2.38. The molecule has 1 unspecified atom stereocenters.